The Kier molecular flexibility index (Phi) is 9.68. The van der Waals surface area contributed by atoms with Crippen LogP contribution >= 0.6 is 11.3 Å². The highest BCUT2D eigenvalue weighted by Crippen LogP contribution is 2.26. The molecule has 0 spiro atoms. The third-order valence-electron chi connectivity index (χ3n) is 5.21. The first-order valence-corrected chi connectivity index (χ1v) is 13.1. The van der Waals surface area contributed by atoms with Gasteiger partial charge in [0.1, 0.15) is 17.6 Å². The number of hydrogen-bond acceptors (Lipinski definition) is 5. The number of nitrogens with one attached hydrogen (secondary N) is 1. The molecule has 0 bridgehead atoms. The molecule has 3 rings (SSSR count). The molecule has 2 atom stereocenters. The van der Waals surface area contributed by atoms with E-state index in [0.29, 0.717) is 36.5 Å². The number of unbranched alkanes of at least 4 members (excludes halogenated alkanes) is 1. The van der Waals surface area contributed by atoms with Crippen molar-refractivity contribution in [1.29, 1.82) is 0 Å². The molecule has 6 nitrogen and oxygen atoms in total. The molecule has 2 N–H and O–H groups in total. The van der Waals surface area contributed by atoms with E-state index >= 15 is 0 Å². The van der Waals surface area contributed by atoms with Crippen LogP contribution in [-0.4, -0.2) is 39.6 Å². The Hall–Kier alpha value is -3.15. The summed E-state index contributed by atoms with van der Waals surface area (Å²) in [4.78, 5) is 24.4. The number of fused-ring (bicyclic) bond motifs is 1. The number of carbonyl (C=O) groups excluding carboxylic acids is 1. The zero-order valence-electron chi connectivity index (χ0n) is 18.9. The molecule has 0 aliphatic rings. The predicted octanol–water partition coefficient (Wildman–Crippen LogP) is 4.39. The number of rotatable bonds is 12. The Balaban J connectivity index is 1.43. The van der Waals surface area contributed by atoms with Crippen molar-refractivity contribution < 1.29 is 23.6 Å². The SMILES string of the molecule is CC#CCOc1ccc(S(=O)C(CCCCNC(=O)Cc2csc3ccccc23)C(=O)O)cc1. The zero-order valence-corrected chi connectivity index (χ0v) is 20.5. The number of amides is 1. The van der Waals surface area contributed by atoms with Crippen LogP contribution in [0.3, 0.4) is 0 Å². The first-order chi connectivity index (χ1) is 16.5. The van der Waals surface area contributed by atoms with E-state index in [4.69, 9.17) is 4.74 Å². The van der Waals surface area contributed by atoms with Gasteiger partial charge in [0.15, 0.2) is 0 Å². The molecular formula is C26H27NO5S2. The third-order valence-corrected chi connectivity index (χ3v) is 7.91. The quantitative estimate of drug-likeness (QED) is 0.286. The highest BCUT2D eigenvalue weighted by molar-refractivity contribution is 7.86. The molecule has 0 aliphatic heterocycles. The highest BCUT2D eigenvalue weighted by atomic mass is 32.2. The summed E-state index contributed by atoms with van der Waals surface area (Å²) in [6.45, 7) is 2.44. The van der Waals surface area contributed by atoms with Gasteiger partial charge >= 0.3 is 5.97 Å². The first-order valence-electron chi connectivity index (χ1n) is 11.0. The number of carboxylic acid groups (broad SMARTS) is 1. The summed E-state index contributed by atoms with van der Waals surface area (Å²) in [5, 5.41) is 14.6. The van der Waals surface area contributed by atoms with Crippen LogP contribution in [0.2, 0.25) is 0 Å². The maximum atomic E-state index is 12.8. The molecule has 34 heavy (non-hydrogen) atoms. The van der Waals surface area contributed by atoms with Crippen molar-refractivity contribution >= 4 is 44.1 Å². The highest BCUT2D eigenvalue weighted by Gasteiger charge is 2.25. The Morgan fingerprint density at radius 1 is 1.15 bits per heavy atom. The molecule has 1 heterocycles. The average molecular weight is 498 g/mol. The standard InChI is InChI=1S/C26H27NO5S2/c1-2-3-16-32-20-11-13-21(14-12-20)34(31)24(26(29)30)10-6-7-15-27-25(28)17-19-18-33-23-9-5-4-8-22(19)23/h4-5,8-9,11-14,18,24H,6-7,10,15-17H2,1H3,(H,27,28)(H,29,30). The van der Waals surface area contributed by atoms with E-state index in [2.05, 4.69) is 17.2 Å². The molecule has 8 heteroatoms. The summed E-state index contributed by atoms with van der Waals surface area (Å²) < 4.78 is 19.4. The van der Waals surface area contributed by atoms with Gasteiger partial charge in [0.2, 0.25) is 5.91 Å². The van der Waals surface area contributed by atoms with E-state index in [1.807, 2.05) is 29.6 Å². The van der Waals surface area contributed by atoms with E-state index in [9.17, 15) is 18.9 Å². The van der Waals surface area contributed by atoms with Gasteiger partial charge in [-0.25, -0.2) is 0 Å². The maximum Gasteiger partial charge on any atom is 0.319 e. The van der Waals surface area contributed by atoms with E-state index in [1.165, 1.54) is 0 Å². The number of ether oxygens (including phenoxy) is 1. The van der Waals surface area contributed by atoms with Crippen LogP contribution in [0.5, 0.6) is 5.75 Å². The van der Waals surface area contributed by atoms with E-state index in [1.54, 1.807) is 42.5 Å². The lowest BCUT2D eigenvalue weighted by molar-refractivity contribution is -0.136. The minimum atomic E-state index is -1.69. The number of thiophene rings is 1. The van der Waals surface area contributed by atoms with Crippen molar-refractivity contribution in [3.63, 3.8) is 0 Å². The second-order valence-electron chi connectivity index (χ2n) is 7.59. The Morgan fingerprint density at radius 3 is 2.65 bits per heavy atom. The molecule has 0 saturated heterocycles. The normalized spacial score (nSPS) is 12.4. The number of carboxylic acids is 1. The van der Waals surface area contributed by atoms with Crippen molar-refractivity contribution in [2.75, 3.05) is 13.2 Å². The lowest BCUT2D eigenvalue weighted by Gasteiger charge is -2.13. The summed E-state index contributed by atoms with van der Waals surface area (Å²) in [5.41, 5.74) is 1.01. The van der Waals surface area contributed by atoms with Crippen LogP contribution in [0.15, 0.2) is 58.8 Å². The van der Waals surface area contributed by atoms with E-state index < -0.39 is 22.0 Å². The second-order valence-corrected chi connectivity index (χ2v) is 10.1. The fraction of sp³-hybridized carbons (Fsp3) is 0.308. The summed E-state index contributed by atoms with van der Waals surface area (Å²) >= 11 is 1.62. The molecule has 0 aliphatic carbocycles. The lowest BCUT2D eigenvalue weighted by Crippen LogP contribution is -2.28. The van der Waals surface area contributed by atoms with Gasteiger partial charge in [-0.05, 0) is 72.8 Å². The van der Waals surface area contributed by atoms with Gasteiger partial charge < -0.3 is 15.2 Å². The van der Waals surface area contributed by atoms with Gasteiger partial charge in [-0.1, -0.05) is 24.1 Å². The van der Waals surface area contributed by atoms with Crippen molar-refractivity contribution in [3.05, 3.63) is 59.5 Å². The molecule has 0 fully saturated rings. The number of benzene rings is 2. The van der Waals surface area contributed by atoms with Gasteiger partial charge in [-0.3, -0.25) is 13.8 Å². The topological polar surface area (TPSA) is 92.7 Å². The molecule has 2 unspecified atom stereocenters. The fourth-order valence-corrected chi connectivity index (χ4v) is 5.70. The molecule has 3 aromatic rings. The zero-order chi connectivity index (χ0) is 24.3. The largest absolute Gasteiger partial charge is 0.481 e. The number of aliphatic carboxylic acids is 1. The Morgan fingerprint density at radius 2 is 1.91 bits per heavy atom. The lowest BCUT2D eigenvalue weighted by atomic mass is 10.1. The van der Waals surface area contributed by atoms with Crippen LogP contribution in [0.25, 0.3) is 10.1 Å². The van der Waals surface area contributed by atoms with Crippen LogP contribution in [0.1, 0.15) is 31.7 Å². The monoisotopic (exact) mass is 497 g/mol. The summed E-state index contributed by atoms with van der Waals surface area (Å²) in [5.74, 6) is 4.95. The summed E-state index contributed by atoms with van der Waals surface area (Å²) in [6, 6.07) is 14.6. The van der Waals surface area contributed by atoms with Crippen molar-refractivity contribution in [2.45, 2.75) is 42.8 Å². The molecular weight excluding hydrogens is 470 g/mol. The number of hydrogen-bond donors (Lipinski definition) is 2. The van der Waals surface area contributed by atoms with Crippen LogP contribution in [-0.2, 0) is 26.8 Å². The van der Waals surface area contributed by atoms with Gasteiger partial charge in [0.05, 0.1) is 17.2 Å². The second kappa shape index (κ2) is 12.9. The molecule has 0 saturated carbocycles. The minimum Gasteiger partial charge on any atom is -0.481 e. The summed E-state index contributed by atoms with van der Waals surface area (Å²) in [7, 11) is -1.69. The molecule has 1 amide bonds. The van der Waals surface area contributed by atoms with Crippen molar-refractivity contribution in [2.24, 2.45) is 0 Å². The smallest absolute Gasteiger partial charge is 0.319 e. The molecule has 2 aromatic carbocycles. The average Bonchev–Trinajstić information content (AvgIpc) is 3.24. The van der Waals surface area contributed by atoms with E-state index in [-0.39, 0.29) is 18.9 Å². The maximum absolute atomic E-state index is 12.8. The molecule has 0 radical (unpaired) electrons. The van der Waals surface area contributed by atoms with E-state index in [0.717, 1.165) is 15.6 Å². The van der Waals surface area contributed by atoms with Crippen LogP contribution < -0.4 is 10.1 Å². The van der Waals surface area contributed by atoms with Gasteiger partial charge in [0, 0.05) is 16.1 Å². The van der Waals surface area contributed by atoms with Crippen molar-refractivity contribution in [3.8, 4) is 17.6 Å². The molecule has 178 valence electrons. The summed E-state index contributed by atoms with van der Waals surface area (Å²) in [6.07, 6.45) is 1.73. The fourth-order valence-electron chi connectivity index (χ4n) is 3.44. The van der Waals surface area contributed by atoms with Gasteiger partial charge in [-0.15, -0.1) is 17.3 Å². The molecule has 1 aromatic heterocycles. The Labute approximate surface area is 205 Å². The van der Waals surface area contributed by atoms with Crippen molar-refractivity contribution in [1.82, 2.24) is 5.32 Å². The van der Waals surface area contributed by atoms with Crippen LogP contribution in [0, 0.1) is 11.8 Å². The Bertz CT molecular complexity index is 1210. The van der Waals surface area contributed by atoms with Gasteiger partial charge in [0.25, 0.3) is 0 Å². The van der Waals surface area contributed by atoms with Gasteiger partial charge in [-0.2, -0.15) is 0 Å². The third kappa shape index (κ3) is 7.17. The number of carbonyl (C=O) groups is 2. The minimum absolute atomic E-state index is 0.0610. The predicted molar refractivity (Wildman–Crippen MR) is 136 cm³/mol. The first kappa shape index (κ1) is 25.5. The van der Waals surface area contributed by atoms with Crippen LogP contribution in [0.4, 0.5) is 0 Å².